The van der Waals surface area contributed by atoms with Gasteiger partial charge in [0.1, 0.15) is 6.33 Å². The van der Waals surface area contributed by atoms with Crippen molar-refractivity contribution in [2.24, 2.45) is 0 Å². The lowest BCUT2D eigenvalue weighted by Crippen LogP contribution is -2.05. The van der Waals surface area contributed by atoms with Crippen LogP contribution in [-0.4, -0.2) is 14.9 Å². The fraction of sp³-hybridized carbons (Fsp3) is 0.0909. The number of nitrogens with zero attached hydrogens (tertiary/aromatic N) is 3. The average molecular weight is 319 g/mol. The molecular formula is C11H6ClF3N4O2. The van der Waals surface area contributed by atoms with Crippen LogP contribution in [0.2, 0.25) is 5.15 Å². The summed E-state index contributed by atoms with van der Waals surface area (Å²) in [6.45, 7) is 0. The Labute approximate surface area is 120 Å². The van der Waals surface area contributed by atoms with E-state index in [1.807, 2.05) is 0 Å². The van der Waals surface area contributed by atoms with E-state index in [9.17, 15) is 23.3 Å². The minimum absolute atomic E-state index is 0.195. The number of anilines is 2. The van der Waals surface area contributed by atoms with E-state index in [4.69, 9.17) is 11.6 Å². The zero-order valence-electron chi connectivity index (χ0n) is 10.1. The minimum atomic E-state index is -4.46. The van der Waals surface area contributed by atoms with Crippen molar-refractivity contribution in [2.45, 2.75) is 6.18 Å². The molecule has 21 heavy (non-hydrogen) atoms. The highest BCUT2D eigenvalue weighted by atomic mass is 35.5. The number of benzene rings is 1. The third-order valence-electron chi connectivity index (χ3n) is 2.44. The van der Waals surface area contributed by atoms with Crippen LogP contribution in [0.15, 0.2) is 30.6 Å². The molecule has 6 nitrogen and oxygen atoms in total. The van der Waals surface area contributed by atoms with Gasteiger partial charge in [-0.05, 0) is 24.3 Å². The SMILES string of the molecule is O=[N+]([O-])c1c(Cl)ncnc1Nc1ccc(C(F)(F)F)cc1. The van der Waals surface area contributed by atoms with Crippen LogP contribution in [0.1, 0.15) is 5.56 Å². The highest BCUT2D eigenvalue weighted by Gasteiger charge is 2.30. The summed E-state index contributed by atoms with van der Waals surface area (Å²) in [6.07, 6.45) is -3.45. The Morgan fingerprint density at radius 2 is 1.81 bits per heavy atom. The fourth-order valence-corrected chi connectivity index (χ4v) is 1.69. The molecule has 0 unspecified atom stereocenters. The van der Waals surface area contributed by atoms with Crippen molar-refractivity contribution < 1.29 is 18.1 Å². The molecule has 0 aliphatic rings. The number of alkyl halides is 3. The molecule has 110 valence electrons. The molecule has 1 heterocycles. The van der Waals surface area contributed by atoms with Crippen LogP contribution in [0.5, 0.6) is 0 Å². The van der Waals surface area contributed by atoms with E-state index in [2.05, 4.69) is 15.3 Å². The summed E-state index contributed by atoms with van der Waals surface area (Å²) >= 11 is 5.59. The van der Waals surface area contributed by atoms with Crippen molar-refractivity contribution in [2.75, 3.05) is 5.32 Å². The normalized spacial score (nSPS) is 11.2. The molecule has 0 saturated heterocycles. The van der Waals surface area contributed by atoms with Gasteiger partial charge < -0.3 is 5.32 Å². The monoisotopic (exact) mass is 318 g/mol. The van der Waals surface area contributed by atoms with Crippen LogP contribution in [0.25, 0.3) is 0 Å². The molecule has 0 atom stereocenters. The molecule has 2 aromatic rings. The highest BCUT2D eigenvalue weighted by Crippen LogP contribution is 2.33. The highest BCUT2D eigenvalue weighted by molar-refractivity contribution is 6.31. The van der Waals surface area contributed by atoms with Crippen molar-refractivity contribution in [3.63, 3.8) is 0 Å². The van der Waals surface area contributed by atoms with E-state index in [1.165, 1.54) is 0 Å². The Morgan fingerprint density at radius 1 is 1.19 bits per heavy atom. The number of halogens is 4. The number of nitro groups is 1. The van der Waals surface area contributed by atoms with Crippen LogP contribution in [0.4, 0.5) is 30.4 Å². The lowest BCUT2D eigenvalue weighted by atomic mass is 10.2. The first-order chi connectivity index (χ1) is 9.79. The van der Waals surface area contributed by atoms with E-state index < -0.39 is 22.4 Å². The first-order valence-corrected chi connectivity index (χ1v) is 5.76. The first-order valence-electron chi connectivity index (χ1n) is 5.38. The van der Waals surface area contributed by atoms with Gasteiger partial charge in [-0.1, -0.05) is 11.6 Å². The van der Waals surface area contributed by atoms with E-state index in [-0.39, 0.29) is 16.7 Å². The maximum Gasteiger partial charge on any atom is 0.416 e. The summed E-state index contributed by atoms with van der Waals surface area (Å²) in [5.41, 5.74) is -1.19. The standard InChI is InChI=1S/C11H6ClF3N4O2/c12-9-8(19(20)21)10(17-5-16-9)18-7-3-1-6(2-4-7)11(13,14)15/h1-5H,(H,16,17,18). The van der Waals surface area contributed by atoms with Gasteiger partial charge in [-0.3, -0.25) is 10.1 Å². The molecule has 10 heteroatoms. The van der Waals surface area contributed by atoms with Gasteiger partial charge in [0, 0.05) is 5.69 Å². The maximum atomic E-state index is 12.4. The number of rotatable bonds is 3. The predicted molar refractivity (Wildman–Crippen MR) is 68.4 cm³/mol. The Balaban J connectivity index is 2.31. The van der Waals surface area contributed by atoms with E-state index in [0.717, 1.165) is 30.6 Å². The summed E-state index contributed by atoms with van der Waals surface area (Å²) in [5.74, 6) is -0.209. The molecule has 0 aliphatic carbocycles. The van der Waals surface area contributed by atoms with Crippen LogP contribution in [-0.2, 0) is 6.18 Å². The van der Waals surface area contributed by atoms with Gasteiger partial charge in [0.15, 0.2) is 0 Å². The summed E-state index contributed by atoms with van der Waals surface area (Å²) in [6, 6.07) is 3.94. The Bertz CT molecular complexity index is 676. The van der Waals surface area contributed by atoms with Gasteiger partial charge in [0.25, 0.3) is 0 Å². The number of hydrogen-bond donors (Lipinski definition) is 1. The van der Waals surface area contributed by atoms with Gasteiger partial charge in [0.05, 0.1) is 10.5 Å². The summed E-state index contributed by atoms with van der Waals surface area (Å²) in [4.78, 5) is 17.2. The van der Waals surface area contributed by atoms with Gasteiger partial charge in [-0.2, -0.15) is 13.2 Å². The molecule has 0 amide bonds. The van der Waals surface area contributed by atoms with E-state index >= 15 is 0 Å². The number of hydrogen-bond acceptors (Lipinski definition) is 5. The second-order valence-electron chi connectivity index (χ2n) is 3.82. The second kappa shape index (κ2) is 5.52. The maximum absolute atomic E-state index is 12.4. The molecule has 0 bridgehead atoms. The topological polar surface area (TPSA) is 81.0 Å². The predicted octanol–water partition coefficient (Wildman–Crippen LogP) is 3.80. The Kier molecular flexibility index (Phi) is 3.94. The summed E-state index contributed by atoms with van der Waals surface area (Å²) in [7, 11) is 0. The third kappa shape index (κ3) is 3.37. The van der Waals surface area contributed by atoms with Crippen molar-refractivity contribution >= 4 is 28.8 Å². The fourth-order valence-electron chi connectivity index (χ4n) is 1.49. The van der Waals surface area contributed by atoms with E-state index in [0.29, 0.717) is 0 Å². The molecule has 0 radical (unpaired) electrons. The first kappa shape index (κ1) is 15.0. The zero-order chi connectivity index (χ0) is 15.6. The van der Waals surface area contributed by atoms with Crippen molar-refractivity contribution in [1.82, 2.24) is 9.97 Å². The molecule has 0 aliphatic heterocycles. The lowest BCUT2D eigenvalue weighted by Gasteiger charge is -2.09. The second-order valence-corrected chi connectivity index (χ2v) is 4.18. The smallest absolute Gasteiger partial charge is 0.334 e. The number of nitrogens with one attached hydrogen (secondary N) is 1. The zero-order valence-corrected chi connectivity index (χ0v) is 10.8. The molecular weight excluding hydrogens is 313 g/mol. The van der Waals surface area contributed by atoms with Crippen LogP contribution < -0.4 is 5.32 Å². The van der Waals surface area contributed by atoms with Crippen LogP contribution >= 0.6 is 11.6 Å². The van der Waals surface area contributed by atoms with Crippen LogP contribution in [0, 0.1) is 10.1 Å². The van der Waals surface area contributed by atoms with Gasteiger partial charge in [0.2, 0.25) is 11.0 Å². The summed E-state index contributed by atoms with van der Waals surface area (Å²) < 4.78 is 37.3. The van der Waals surface area contributed by atoms with Crippen LogP contribution in [0.3, 0.4) is 0 Å². The number of aromatic nitrogens is 2. The summed E-state index contributed by atoms with van der Waals surface area (Å²) in [5, 5.41) is 13.0. The molecule has 0 fully saturated rings. The van der Waals surface area contributed by atoms with Gasteiger partial charge >= 0.3 is 11.9 Å². The van der Waals surface area contributed by atoms with Crippen molar-refractivity contribution in [1.29, 1.82) is 0 Å². The van der Waals surface area contributed by atoms with Gasteiger partial charge in [-0.25, -0.2) is 9.97 Å². The van der Waals surface area contributed by atoms with Gasteiger partial charge in [-0.15, -0.1) is 0 Å². The van der Waals surface area contributed by atoms with E-state index in [1.54, 1.807) is 0 Å². The minimum Gasteiger partial charge on any atom is -0.334 e. The Hall–Kier alpha value is -2.42. The average Bonchev–Trinajstić information content (AvgIpc) is 2.38. The molecule has 0 spiro atoms. The molecule has 1 N–H and O–H groups in total. The molecule has 2 rings (SSSR count). The molecule has 1 aromatic carbocycles. The lowest BCUT2D eigenvalue weighted by molar-refractivity contribution is -0.384. The van der Waals surface area contributed by atoms with Crippen molar-refractivity contribution in [3.8, 4) is 0 Å². The Morgan fingerprint density at radius 3 is 2.33 bits per heavy atom. The van der Waals surface area contributed by atoms with Crippen molar-refractivity contribution in [3.05, 3.63) is 51.4 Å². The largest absolute Gasteiger partial charge is 0.416 e. The molecule has 0 saturated carbocycles. The third-order valence-corrected chi connectivity index (χ3v) is 2.71. The molecule has 1 aromatic heterocycles. The quantitative estimate of drug-likeness (QED) is 0.529.